The van der Waals surface area contributed by atoms with Gasteiger partial charge in [0, 0.05) is 36.8 Å². The number of halogens is 4. The van der Waals surface area contributed by atoms with Crippen molar-refractivity contribution in [2.24, 2.45) is 0 Å². The van der Waals surface area contributed by atoms with E-state index in [1.165, 1.54) is 6.07 Å². The molecule has 0 bridgehead atoms. The molecule has 4 aliphatic rings. The summed E-state index contributed by atoms with van der Waals surface area (Å²) in [4.78, 5) is 27.9. The van der Waals surface area contributed by atoms with Gasteiger partial charge in [0.15, 0.2) is 5.83 Å². The van der Waals surface area contributed by atoms with Gasteiger partial charge < -0.3 is 14.5 Å². The Balaban J connectivity index is 1.19. The standard InChI is InChI=1S/C34H31ClF3N5O2/c1-19(36)32(44)42-13-10-27-28(42)17-43(27)31-24-8-6-21(23-5-2-4-20-7-9-25(38)30(35)29(20)23)14-26(24)39-33(40-31)45-18-34-11-3-12-41(34)16-22(37)15-34/h2,4-9,14,22,27-28H,1,3,10-13,15-18H2/t22-,27-,28-,34+/m1/s1. The smallest absolute Gasteiger partial charge is 0.319 e. The second kappa shape index (κ2) is 10.6. The van der Waals surface area contributed by atoms with Gasteiger partial charge in [-0.05, 0) is 60.5 Å². The number of alkyl halides is 1. The van der Waals surface area contributed by atoms with Crippen molar-refractivity contribution in [1.29, 1.82) is 0 Å². The molecule has 232 valence electrons. The van der Waals surface area contributed by atoms with Crippen LogP contribution in [-0.2, 0) is 4.79 Å². The van der Waals surface area contributed by atoms with E-state index < -0.39 is 23.7 Å². The van der Waals surface area contributed by atoms with Crippen LogP contribution in [0.2, 0.25) is 5.02 Å². The highest BCUT2D eigenvalue weighted by Crippen LogP contribution is 2.43. The zero-order valence-corrected chi connectivity index (χ0v) is 25.2. The van der Waals surface area contributed by atoms with Crippen molar-refractivity contribution in [2.75, 3.05) is 37.7 Å². The molecule has 7 nitrogen and oxygen atoms in total. The molecule has 4 aliphatic heterocycles. The monoisotopic (exact) mass is 633 g/mol. The Morgan fingerprint density at radius 3 is 2.82 bits per heavy atom. The Labute approximate surface area is 263 Å². The second-order valence-corrected chi connectivity index (χ2v) is 13.0. The van der Waals surface area contributed by atoms with Crippen LogP contribution in [0.4, 0.5) is 19.0 Å². The number of likely N-dealkylation sites (tertiary alicyclic amines) is 1. The number of hydrogen-bond acceptors (Lipinski definition) is 6. The summed E-state index contributed by atoms with van der Waals surface area (Å²) in [5.74, 6) is -1.46. The first kappa shape index (κ1) is 28.6. The molecule has 4 aromatic rings. The number of hydrogen-bond donors (Lipinski definition) is 0. The summed E-state index contributed by atoms with van der Waals surface area (Å²) in [6.45, 7) is 5.66. The van der Waals surface area contributed by atoms with Crippen molar-refractivity contribution in [3.63, 3.8) is 0 Å². The van der Waals surface area contributed by atoms with E-state index in [1.54, 1.807) is 11.0 Å². The minimum Gasteiger partial charge on any atom is -0.461 e. The molecular formula is C34H31ClF3N5O2. The predicted octanol–water partition coefficient (Wildman–Crippen LogP) is 6.47. The Morgan fingerprint density at radius 1 is 1.11 bits per heavy atom. The van der Waals surface area contributed by atoms with Gasteiger partial charge in [-0.1, -0.05) is 48.5 Å². The zero-order chi connectivity index (χ0) is 31.0. The summed E-state index contributed by atoms with van der Waals surface area (Å²) in [7, 11) is 0. The minimum atomic E-state index is -0.957. The molecule has 0 saturated carbocycles. The molecule has 0 aliphatic carbocycles. The highest BCUT2D eigenvalue weighted by molar-refractivity contribution is 6.36. The van der Waals surface area contributed by atoms with Crippen molar-refractivity contribution in [2.45, 2.75) is 49.5 Å². The number of carbonyl (C=O) groups is 1. The van der Waals surface area contributed by atoms with Gasteiger partial charge >= 0.3 is 6.01 Å². The fourth-order valence-corrected chi connectivity index (χ4v) is 8.29. The van der Waals surface area contributed by atoms with Crippen molar-refractivity contribution in [1.82, 2.24) is 19.8 Å². The molecular weight excluding hydrogens is 603 g/mol. The number of rotatable bonds is 6. The fraction of sp³-hybridized carbons (Fsp3) is 0.382. The molecule has 3 aromatic carbocycles. The van der Waals surface area contributed by atoms with E-state index in [9.17, 15) is 18.0 Å². The maximum Gasteiger partial charge on any atom is 0.319 e. The Hall–Kier alpha value is -3.89. The SMILES string of the molecule is C=C(F)C(=O)N1CC[C@@H]2[C@H]1CN2c1nc(OC[C@@]23CCCN2C[C@H](F)C3)nc2cc(-c3cccc4ccc(F)c(Cl)c34)ccc12. The lowest BCUT2D eigenvalue weighted by molar-refractivity contribution is -0.130. The van der Waals surface area contributed by atoms with E-state index in [0.29, 0.717) is 49.2 Å². The van der Waals surface area contributed by atoms with Crippen LogP contribution < -0.4 is 9.64 Å². The van der Waals surface area contributed by atoms with Crippen LogP contribution in [0.15, 0.2) is 60.9 Å². The first-order valence-corrected chi connectivity index (χ1v) is 15.7. The average Bonchev–Trinajstić information content (AvgIpc) is 3.66. The number of aromatic nitrogens is 2. The molecule has 0 radical (unpaired) electrons. The third-order valence-electron chi connectivity index (χ3n) is 10.2. The van der Waals surface area contributed by atoms with Crippen molar-refractivity contribution >= 4 is 45.0 Å². The maximum absolute atomic E-state index is 14.5. The molecule has 0 N–H and O–H groups in total. The highest BCUT2D eigenvalue weighted by Gasteiger charge is 2.51. The van der Waals surface area contributed by atoms with Crippen molar-refractivity contribution in [3.8, 4) is 17.1 Å². The summed E-state index contributed by atoms with van der Waals surface area (Å²) >= 11 is 6.47. The van der Waals surface area contributed by atoms with E-state index in [0.717, 1.165) is 41.3 Å². The van der Waals surface area contributed by atoms with Gasteiger partial charge in [0.05, 0.1) is 28.2 Å². The van der Waals surface area contributed by atoms with Crippen molar-refractivity contribution in [3.05, 3.63) is 71.8 Å². The maximum atomic E-state index is 14.5. The Morgan fingerprint density at radius 2 is 1.98 bits per heavy atom. The van der Waals surface area contributed by atoms with Gasteiger partial charge in [0.2, 0.25) is 0 Å². The second-order valence-electron chi connectivity index (χ2n) is 12.7. The highest BCUT2D eigenvalue weighted by atomic mass is 35.5. The number of nitrogens with zero attached hydrogens (tertiary/aromatic N) is 5. The van der Waals surface area contributed by atoms with Crippen LogP contribution in [0, 0.1) is 5.82 Å². The molecule has 4 saturated heterocycles. The number of fused-ring (bicyclic) bond motifs is 4. The number of anilines is 1. The van der Waals surface area contributed by atoms with Gasteiger partial charge in [-0.25, -0.2) is 13.2 Å². The summed E-state index contributed by atoms with van der Waals surface area (Å²) in [6, 6.07) is 14.6. The number of benzene rings is 3. The van der Waals surface area contributed by atoms with Crippen LogP contribution in [0.3, 0.4) is 0 Å². The molecule has 45 heavy (non-hydrogen) atoms. The summed E-state index contributed by atoms with van der Waals surface area (Å²) in [5, 5.41) is 2.27. The topological polar surface area (TPSA) is 61.8 Å². The molecule has 1 amide bonds. The lowest BCUT2D eigenvalue weighted by Gasteiger charge is -2.47. The summed E-state index contributed by atoms with van der Waals surface area (Å²) in [6.07, 6.45) is 2.06. The first-order chi connectivity index (χ1) is 21.7. The van der Waals surface area contributed by atoms with Crippen LogP contribution >= 0.6 is 11.6 Å². The summed E-state index contributed by atoms with van der Waals surface area (Å²) < 4.78 is 49.0. The number of amides is 1. The molecule has 0 spiro atoms. The lowest BCUT2D eigenvalue weighted by Crippen LogP contribution is -2.63. The Bertz CT molecular complexity index is 1890. The van der Waals surface area contributed by atoms with Crippen LogP contribution in [-0.4, -0.2) is 82.3 Å². The minimum absolute atomic E-state index is 0.0372. The largest absolute Gasteiger partial charge is 0.461 e. The number of ether oxygens (including phenoxy) is 1. The van der Waals surface area contributed by atoms with Crippen LogP contribution in [0.1, 0.15) is 25.7 Å². The van der Waals surface area contributed by atoms with Crippen LogP contribution in [0.25, 0.3) is 32.8 Å². The zero-order valence-electron chi connectivity index (χ0n) is 24.5. The molecule has 5 heterocycles. The van der Waals surface area contributed by atoms with Gasteiger partial charge in [0.25, 0.3) is 5.91 Å². The number of carbonyl (C=O) groups excluding carboxylic acids is 1. The lowest BCUT2D eigenvalue weighted by atomic mass is 9.95. The normalized spacial score (nSPS) is 25.9. The van der Waals surface area contributed by atoms with E-state index in [-0.39, 0.29) is 35.3 Å². The average molecular weight is 634 g/mol. The van der Waals surface area contributed by atoms with Crippen LogP contribution in [0.5, 0.6) is 6.01 Å². The molecule has 4 atom stereocenters. The molecule has 4 fully saturated rings. The molecule has 8 rings (SSSR count). The van der Waals surface area contributed by atoms with E-state index in [1.807, 2.05) is 36.4 Å². The van der Waals surface area contributed by atoms with E-state index >= 15 is 0 Å². The van der Waals surface area contributed by atoms with Crippen molar-refractivity contribution < 1.29 is 22.7 Å². The molecule has 1 aromatic heterocycles. The van der Waals surface area contributed by atoms with E-state index in [4.69, 9.17) is 26.3 Å². The van der Waals surface area contributed by atoms with Gasteiger partial charge in [-0.15, -0.1) is 0 Å². The predicted molar refractivity (Wildman–Crippen MR) is 167 cm³/mol. The van der Waals surface area contributed by atoms with E-state index in [2.05, 4.69) is 16.4 Å². The van der Waals surface area contributed by atoms with Gasteiger partial charge in [0.1, 0.15) is 24.4 Å². The third kappa shape index (κ3) is 4.55. The molecule has 11 heteroatoms. The third-order valence-corrected chi connectivity index (χ3v) is 10.6. The van der Waals surface area contributed by atoms with Gasteiger partial charge in [-0.2, -0.15) is 9.97 Å². The summed E-state index contributed by atoms with van der Waals surface area (Å²) in [5.41, 5.74) is 1.82. The quantitative estimate of drug-likeness (QED) is 0.227. The fourth-order valence-electron chi connectivity index (χ4n) is 8.01. The molecule has 0 unspecified atom stereocenters. The first-order valence-electron chi connectivity index (χ1n) is 15.4. The Kier molecular flexibility index (Phi) is 6.73. The van der Waals surface area contributed by atoms with Gasteiger partial charge in [-0.3, -0.25) is 9.69 Å².